The number of rotatable bonds is 1. The first-order valence-corrected chi connectivity index (χ1v) is 6.24. The molecular weight excluding hydrogens is 220 g/mol. The first kappa shape index (κ1) is 10.2. The summed E-state index contributed by atoms with van der Waals surface area (Å²) in [4.78, 5) is 0. The fourth-order valence-corrected chi connectivity index (χ4v) is 3.12. The molecule has 1 aromatic carbocycles. The third kappa shape index (κ3) is 1.54. The second kappa shape index (κ2) is 3.53. The molecule has 0 N–H and O–H groups in total. The predicted octanol–water partition coefficient (Wildman–Crippen LogP) is 4.48. The molecular formula is C14H15ClO. The van der Waals surface area contributed by atoms with E-state index >= 15 is 0 Å². The fourth-order valence-electron chi connectivity index (χ4n) is 2.67. The van der Waals surface area contributed by atoms with Gasteiger partial charge in [-0.2, -0.15) is 0 Å². The number of para-hydroxylation sites is 1. The van der Waals surface area contributed by atoms with Crippen LogP contribution in [0.4, 0.5) is 0 Å². The van der Waals surface area contributed by atoms with E-state index in [4.69, 9.17) is 16.0 Å². The van der Waals surface area contributed by atoms with Gasteiger partial charge < -0.3 is 4.42 Å². The highest BCUT2D eigenvalue weighted by atomic mass is 35.5. The van der Waals surface area contributed by atoms with Crippen molar-refractivity contribution in [2.45, 2.75) is 37.0 Å². The normalized spacial score (nSPS) is 30.0. The van der Waals surface area contributed by atoms with E-state index in [9.17, 15) is 0 Å². The minimum absolute atomic E-state index is 0.130. The monoisotopic (exact) mass is 234 g/mol. The number of hydrogen-bond donors (Lipinski definition) is 0. The number of alkyl halides is 1. The van der Waals surface area contributed by atoms with Crippen molar-refractivity contribution in [2.75, 3.05) is 0 Å². The number of furan rings is 1. The maximum Gasteiger partial charge on any atom is 0.134 e. The molecule has 0 saturated heterocycles. The molecule has 1 fully saturated rings. The zero-order chi connectivity index (χ0) is 11.2. The van der Waals surface area contributed by atoms with Gasteiger partial charge in [-0.05, 0) is 31.4 Å². The van der Waals surface area contributed by atoms with Crippen LogP contribution in [0.3, 0.4) is 0 Å². The molecule has 2 atom stereocenters. The minimum atomic E-state index is 0.130. The van der Waals surface area contributed by atoms with Gasteiger partial charge in [-0.1, -0.05) is 25.1 Å². The molecule has 2 aromatic rings. The van der Waals surface area contributed by atoms with Crippen LogP contribution in [0.1, 0.15) is 31.9 Å². The van der Waals surface area contributed by atoms with Gasteiger partial charge in [0.05, 0.1) is 0 Å². The van der Waals surface area contributed by atoms with Gasteiger partial charge in [0, 0.05) is 16.2 Å². The molecule has 2 heteroatoms. The van der Waals surface area contributed by atoms with Gasteiger partial charge in [-0.25, -0.2) is 0 Å². The van der Waals surface area contributed by atoms with Gasteiger partial charge in [0.2, 0.25) is 0 Å². The Morgan fingerprint density at radius 1 is 1.38 bits per heavy atom. The standard InChI is InChI=1S/C14H15ClO/c1-14(7-6-11(15)9-14)13-8-10-4-2-3-5-12(10)16-13/h2-5,8,11H,6-7,9H2,1H3. The number of halogens is 1. The molecule has 1 saturated carbocycles. The predicted molar refractivity (Wildman–Crippen MR) is 67.1 cm³/mol. The summed E-state index contributed by atoms with van der Waals surface area (Å²) in [5, 5.41) is 1.50. The van der Waals surface area contributed by atoms with E-state index in [-0.39, 0.29) is 5.41 Å². The highest BCUT2D eigenvalue weighted by molar-refractivity contribution is 6.20. The molecule has 1 heterocycles. The summed E-state index contributed by atoms with van der Waals surface area (Å²) in [7, 11) is 0. The van der Waals surface area contributed by atoms with Crippen LogP contribution in [0.2, 0.25) is 0 Å². The van der Waals surface area contributed by atoms with Crippen LogP contribution in [0, 0.1) is 0 Å². The summed E-state index contributed by atoms with van der Waals surface area (Å²) in [6.07, 6.45) is 3.24. The summed E-state index contributed by atoms with van der Waals surface area (Å²) >= 11 is 6.20. The van der Waals surface area contributed by atoms with Crippen molar-refractivity contribution in [2.24, 2.45) is 0 Å². The first-order chi connectivity index (χ1) is 7.67. The molecule has 3 rings (SSSR count). The van der Waals surface area contributed by atoms with Crippen molar-refractivity contribution in [3.63, 3.8) is 0 Å². The second-order valence-electron chi connectivity index (χ2n) is 5.05. The number of hydrogen-bond acceptors (Lipinski definition) is 1. The molecule has 2 unspecified atom stereocenters. The molecule has 0 amide bonds. The van der Waals surface area contributed by atoms with Crippen molar-refractivity contribution < 1.29 is 4.42 Å². The summed E-state index contributed by atoms with van der Waals surface area (Å²) in [6.45, 7) is 2.26. The van der Waals surface area contributed by atoms with Crippen LogP contribution in [-0.2, 0) is 5.41 Å². The topological polar surface area (TPSA) is 13.1 Å². The minimum Gasteiger partial charge on any atom is -0.460 e. The molecule has 1 nitrogen and oxygen atoms in total. The van der Waals surface area contributed by atoms with Gasteiger partial charge in [0.15, 0.2) is 0 Å². The highest BCUT2D eigenvalue weighted by Crippen LogP contribution is 2.44. The second-order valence-corrected chi connectivity index (χ2v) is 5.67. The SMILES string of the molecule is CC1(c2cc3ccccc3o2)CCC(Cl)C1. The largest absolute Gasteiger partial charge is 0.460 e. The number of benzene rings is 1. The van der Waals surface area contributed by atoms with Gasteiger partial charge in [-0.15, -0.1) is 11.6 Å². The van der Waals surface area contributed by atoms with E-state index in [1.165, 1.54) is 5.39 Å². The van der Waals surface area contributed by atoms with Crippen molar-refractivity contribution in [3.8, 4) is 0 Å². The van der Waals surface area contributed by atoms with Gasteiger partial charge in [0.25, 0.3) is 0 Å². The van der Waals surface area contributed by atoms with E-state index in [1.54, 1.807) is 0 Å². The average molecular weight is 235 g/mol. The van der Waals surface area contributed by atoms with Crippen LogP contribution in [0.25, 0.3) is 11.0 Å². The summed E-state index contributed by atoms with van der Waals surface area (Å²) in [5.74, 6) is 1.09. The van der Waals surface area contributed by atoms with Crippen molar-refractivity contribution in [1.82, 2.24) is 0 Å². The maximum atomic E-state index is 6.20. The Labute approximate surface area is 100 Å². The number of fused-ring (bicyclic) bond motifs is 1. The lowest BCUT2D eigenvalue weighted by molar-refractivity contribution is 0.381. The van der Waals surface area contributed by atoms with Crippen LogP contribution in [0.5, 0.6) is 0 Å². The lowest BCUT2D eigenvalue weighted by Crippen LogP contribution is -2.16. The smallest absolute Gasteiger partial charge is 0.134 e. The summed E-state index contributed by atoms with van der Waals surface area (Å²) < 4.78 is 5.94. The molecule has 0 spiro atoms. The van der Waals surface area contributed by atoms with Crippen LogP contribution < -0.4 is 0 Å². The average Bonchev–Trinajstić information content (AvgIpc) is 2.83. The Morgan fingerprint density at radius 3 is 2.88 bits per heavy atom. The van der Waals surface area contributed by atoms with Gasteiger partial charge >= 0.3 is 0 Å². The van der Waals surface area contributed by atoms with E-state index in [2.05, 4.69) is 19.1 Å². The lowest BCUT2D eigenvalue weighted by Gasteiger charge is -2.20. The molecule has 1 aliphatic rings. The maximum absolute atomic E-state index is 6.20. The Morgan fingerprint density at radius 2 is 2.19 bits per heavy atom. The lowest BCUT2D eigenvalue weighted by atomic mass is 9.86. The third-order valence-electron chi connectivity index (χ3n) is 3.70. The van der Waals surface area contributed by atoms with Crippen molar-refractivity contribution in [3.05, 3.63) is 36.1 Å². The van der Waals surface area contributed by atoms with E-state index < -0.39 is 0 Å². The first-order valence-electron chi connectivity index (χ1n) is 5.80. The summed E-state index contributed by atoms with van der Waals surface area (Å²) in [6, 6.07) is 10.3. The zero-order valence-electron chi connectivity index (χ0n) is 9.37. The van der Waals surface area contributed by atoms with Gasteiger partial charge in [-0.3, -0.25) is 0 Å². The molecule has 16 heavy (non-hydrogen) atoms. The van der Waals surface area contributed by atoms with E-state index in [0.717, 1.165) is 30.6 Å². The van der Waals surface area contributed by atoms with Crippen LogP contribution in [-0.4, -0.2) is 5.38 Å². The van der Waals surface area contributed by atoms with E-state index in [0.29, 0.717) is 5.38 Å². The third-order valence-corrected chi connectivity index (χ3v) is 4.07. The van der Waals surface area contributed by atoms with Gasteiger partial charge in [0.1, 0.15) is 11.3 Å². The Bertz CT molecular complexity index is 483. The molecule has 1 aliphatic carbocycles. The van der Waals surface area contributed by atoms with Crippen molar-refractivity contribution >= 4 is 22.6 Å². The van der Waals surface area contributed by atoms with Crippen molar-refractivity contribution in [1.29, 1.82) is 0 Å². The van der Waals surface area contributed by atoms with Crippen LogP contribution >= 0.6 is 11.6 Å². The van der Waals surface area contributed by atoms with Crippen LogP contribution in [0.15, 0.2) is 34.7 Å². The zero-order valence-corrected chi connectivity index (χ0v) is 10.1. The Kier molecular flexibility index (Phi) is 2.25. The fraction of sp³-hybridized carbons (Fsp3) is 0.429. The quantitative estimate of drug-likeness (QED) is 0.663. The van der Waals surface area contributed by atoms with E-state index in [1.807, 2.05) is 18.2 Å². The Hall–Kier alpha value is -0.950. The molecule has 84 valence electrons. The molecule has 1 aromatic heterocycles. The molecule has 0 aliphatic heterocycles. The molecule has 0 bridgehead atoms. The highest BCUT2D eigenvalue weighted by Gasteiger charge is 2.38. The Balaban J connectivity index is 2.06. The summed E-state index contributed by atoms with van der Waals surface area (Å²) in [5.41, 5.74) is 1.11. The molecule has 0 radical (unpaired) electrons.